The zero-order chi connectivity index (χ0) is 17.9. The summed E-state index contributed by atoms with van der Waals surface area (Å²) in [6.45, 7) is 9.44. The number of anilines is 1. The van der Waals surface area contributed by atoms with Gasteiger partial charge in [-0.15, -0.1) is 0 Å². The average molecular weight is 328 g/mol. The first-order valence-electron chi connectivity index (χ1n) is 8.35. The molecule has 2 aromatic rings. The van der Waals surface area contributed by atoms with E-state index in [0.29, 0.717) is 19.0 Å². The first kappa shape index (κ1) is 18.2. The summed E-state index contributed by atoms with van der Waals surface area (Å²) in [5.74, 6) is 0.487. The van der Waals surface area contributed by atoms with Crippen molar-refractivity contribution in [3.05, 3.63) is 46.8 Å². The molecule has 24 heavy (non-hydrogen) atoms. The maximum absolute atomic E-state index is 12.2. The lowest BCUT2D eigenvalue weighted by molar-refractivity contribution is -0.117. The fourth-order valence-corrected chi connectivity index (χ4v) is 2.77. The third kappa shape index (κ3) is 4.45. The second kappa shape index (κ2) is 7.62. The maximum atomic E-state index is 12.2. The molecule has 5 heteroatoms. The quantitative estimate of drug-likeness (QED) is 0.886. The second-order valence-electron chi connectivity index (χ2n) is 6.77. The summed E-state index contributed by atoms with van der Waals surface area (Å²) < 4.78 is 1.88. The molecule has 0 radical (unpaired) electrons. The highest BCUT2D eigenvalue weighted by Gasteiger charge is 2.14. The van der Waals surface area contributed by atoms with Crippen LogP contribution in [0.3, 0.4) is 0 Å². The van der Waals surface area contributed by atoms with Gasteiger partial charge in [-0.2, -0.15) is 5.10 Å². The molecule has 0 atom stereocenters. The topological polar surface area (TPSA) is 50.2 Å². The van der Waals surface area contributed by atoms with Gasteiger partial charge in [0.05, 0.1) is 12.2 Å². The lowest BCUT2D eigenvalue weighted by atomic mass is 10.0. The van der Waals surface area contributed by atoms with Crippen LogP contribution in [-0.4, -0.2) is 34.2 Å². The SMILES string of the molecule is Cc1nn(C)c(C)c1CN(C)CC(=O)Nc1ccc(C(C)C)cc1. The predicted molar refractivity (Wildman–Crippen MR) is 98.2 cm³/mol. The molecule has 130 valence electrons. The summed E-state index contributed by atoms with van der Waals surface area (Å²) in [6, 6.07) is 8.05. The van der Waals surface area contributed by atoms with Crippen LogP contribution < -0.4 is 5.32 Å². The molecule has 0 aliphatic heterocycles. The van der Waals surface area contributed by atoms with E-state index in [-0.39, 0.29) is 5.91 Å². The number of nitrogens with zero attached hydrogens (tertiary/aromatic N) is 3. The second-order valence-corrected chi connectivity index (χ2v) is 6.77. The molecular formula is C19H28N4O. The van der Waals surface area contributed by atoms with Crippen molar-refractivity contribution in [3.63, 3.8) is 0 Å². The van der Waals surface area contributed by atoms with Crippen LogP contribution >= 0.6 is 0 Å². The van der Waals surface area contributed by atoms with Crippen LogP contribution in [0.1, 0.15) is 42.3 Å². The summed E-state index contributed by atoms with van der Waals surface area (Å²) in [4.78, 5) is 14.2. The third-order valence-corrected chi connectivity index (χ3v) is 4.36. The number of hydrogen-bond donors (Lipinski definition) is 1. The molecular weight excluding hydrogens is 300 g/mol. The Bertz CT molecular complexity index is 701. The van der Waals surface area contributed by atoms with Crippen LogP contribution in [-0.2, 0) is 18.4 Å². The van der Waals surface area contributed by atoms with Crippen molar-refractivity contribution in [2.75, 3.05) is 18.9 Å². The molecule has 0 aliphatic carbocycles. The van der Waals surface area contributed by atoms with Gasteiger partial charge in [0.2, 0.25) is 5.91 Å². The van der Waals surface area contributed by atoms with E-state index in [4.69, 9.17) is 0 Å². The van der Waals surface area contributed by atoms with Crippen LogP contribution in [0.25, 0.3) is 0 Å². The Morgan fingerprint density at radius 3 is 2.38 bits per heavy atom. The van der Waals surface area contributed by atoms with E-state index < -0.39 is 0 Å². The molecule has 2 rings (SSSR count). The number of rotatable bonds is 6. The van der Waals surface area contributed by atoms with Gasteiger partial charge in [-0.25, -0.2) is 0 Å². The standard InChI is InChI=1S/C19H28N4O/c1-13(2)16-7-9-17(10-8-16)20-19(24)12-22(5)11-18-14(3)21-23(6)15(18)4/h7-10,13H,11-12H2,1-6H3,(H,20,24). The molecule has 0 aliphatic rings. The minimum absolute atomic E-state index is 0.00556. The fraction of sp³-hybridized carbons (Fsp3) is 0.474. The molecule has 0 spiro atoms. The molecule has 0 fully saturated rings. The normalized spacial score (nSPS) is 11.3. The molecule has 1 heterocycles. The van der Waals surface area contributed by atoms with Crippen LogP contribution in [0, 0.1) is 13.8 Å². The average Bonchev–Trinajstić information content (AvgIpc) is 2.74. The van der Waals surface area contributed by atoms with Crippen LogP contribution in [0.4, 0.5) is 5.69 Å². The van der Waals surface area contributed by atoms with Gasteiger partial charge in [0, 0.05) is 30.5 Å². The largest absolute Gasteiger partial charge is 0.325 e. The van der Waals surface area contributed by atoms with Crippen molar-refractivity contribution < 1.29 is 4.79 Å². The van der Waals surface area contributed by atoms with Gasteiger partial charge in [0.25, 0.3) is 0 Å². The third-order valence-electron chi connectivity index (χ3n) is 4.36. The van der Waals surface area contributed by atoms with Crippen LogP contribution in [0.15, 0.2) is 24.3 Å². The Morgan fingerprint density at radius 1 is 1.25 bits per heavy atom. The molecule has 1 aromatic carbocycles. The van der Waals surface area contributed by atoms with Crippen molar-refractivity contribution in [3.8, 4) is 0 Å². The van der Waals surface area contributed by atoms with E-state index >= 15 is 0 Å². The highest BCUT2D eigenvalue weighted by atomic mass is 16.2. The summed E-state index contributed by atoms with van der Waals surface area (Å²) in [5, 5.41) is 7.38. The van der Waals surface area contributed by atoms with E-state index in [1.807, 2.05) is 42.7 Å². The summed E-state index contributed by atoms with van der Waals surface area (Å²) in [7, 11) is 3.90. The smallest absolute Gasteiger partial charge is 0.238 e. The van der Waals surface area contributed by atoms with Crippen molar-refractivity contribution in [1.82, 2.24) is 14.7 Å². The van der Waals surface area contributed by atoms with Gasteiger partial charge in [-0.3, -0.25) is 14.4 Å². The molecule has 0 saturated heterocycles. The van der Waals surface area contributed by atoms with Crippen molar-refractivity contribution in [2.45, 2.75) is 40.2 Å². The minimum Gasteiger partial charge on any atom is -0.325 e. The molecule has 0 unspecified atom stereocenters. The number of benzene rings is 1. The number of hydrogen-bond acceptors (Lipinski definition) is 3. The van der Waals surface area contributed by atoms with Crippen LogP contribution in [0.2, 0.25) is 0 Å². The van der Waals surface area contributed by atoms with Crippen LogP contribution in [0.5, 0.6) is 0 Å². The van der Waals surface area contributed by atoms with Gasteiger partial charge in [0.15, 0.2) is 0 Å². The minimum atomic E-state index is -0.00556. The Labute approximate surface area is 144 Å². The summed E-state index contributed by atoms with van der Waals surface area (Å²) in [6.07, 6.45) is 0. The van der Waals surface area contributed by atoms with Crippen molar-refractivity contribution in [1.29, 1.82) is 0 Å². The first-order chi connectivity index (χ1) is 11.3. The first-order valence-corrected chi connectivity index (χ1v) is 8.35. The molecule has 0 bridgehead atoms. The molecule has 1 aromatic heterocycles. The number of carbonyl (C=O) groups is 1. The Kier molecular flexibility index (Phi) is 5.78. The highest BCUT2D eigenvalue weighted by molar-refractivity contribution is 5.92. The van der Waals surface area contributed by atoms with E-state index in [9.17, 15) is 4.79 Å². The van der Waals surface area contributed by atoms with Gasteiger partial charge in [-0.05, 0) is 44.5 Å². The molecule has 5 nitrogen and oxygen atoms in total. The zero-order valence-electron chi connectivity index (χ0n) is 15.6. The number of carbonyl (C=O) groups excluding carboxylic acids is 1. The summed E-state index contributed by atoms with van der Waals surface area (Å²) >= 11 is 0. The summed E-state index contributed by atoms with van der Waals surface area (Å²) in [5.41, 5.74) is 5.46. The van der Waals surface area contributed by atoms with E-state index in [0.717, 1.165) is 17.1 Å². The molecule has 0 saturated carbocycles. The van der Waals surface area contributed by atoms with E-state index in [2.05, 4.69) is 43.3 Å². The number of amides is 1. The monoisotopic (exact) mass is 328 g/mol. The lowest BCUT2D eigenvalue weighted by Crippen LogP contribution is -2.30. The van der Waals surface area contributed by atoms with Gasteiger partial charge in [-0.1, -0.05) is 26.0 Å². The fourth-order valence-electron chi connectivity index (χ4n) is 2.77. The van der Waals surface area contributed by atoms with Gasteiger partial charge in [0.1, 0.15) is 0 Å². The van der Waals surface area contributed by atoms with E-state index in [1.54, 1.807) is 0 Å². The number of aromatic nitrogens is 2. The Hall–Kier alpha value is -2.14. The van der Waals surface area contributed by atoms with E-state index in [1.165, 1.54) is 11.1 Å². The van der Waals surface area contributed by atoms with Gasteiger partial charge >= 0.3 is 0 Å². The number of likely N-dealkylation sites (N-methyl/N-ethyl adjacent to an activating group) is 1. The maximum Gasteiger partial charge on any atom is 0.238 e. The zero-order valence-corrected chi connectivity index (χ0v) is 15.6. The number of nitrogens with one attached hydrogen (secondary N) is 1. The predicted octanol–water partition coefficient (Wildman–Crippen LogP) is 3.23. The van der Waals surface area contributed by atoms with Gasteiger partial charge < -0.3 is 5.32 Å². The molecule has 1 N–H and O–H groups in total. The lowest BCUT2D eigenvalue weighted by Gasteiger charge is -2.17. The Morgan fingerprint density at radius 2 is 1.88 bits per heavy atom. The number of aryl methyl sites for hydroxylation is 2. The Balaban J connectivity index is 1.91. The molecule has 1 amide bonds. The highest BCUT2D eigenvalue weighted by Crippen LogP contribution is 2.17. The van der Waals surface area contributed by atoms with Crippen molar-refractivity contribution in [2.24, 2.45) is 7.05 Å². The van der Waals surface area contributed by atoms with Crippen molar-refractivity contribution >= 4 is 11.6 Å².